The molecule has 9 heteroatoms. The van der Waals surface area contributed by atoms with Gasteiger partial charge in [-0.1, -0.05) is 6.92 Å². The highest BCUT2D eigenvalue weighted by Gasteiger charge is 2.54. The minimum atomic E-state index is -2.49. The summed E-state index contributed by atoms with van der Waals surface area (Å²) >= 11 is 0. The second kappa shape index (κ2) is 4.62. The van der Waals surface area contributed by atoms with Crippen molar-refractivity contribution in [3.8, 4) is 0 Å². The van der Waals surface area contributed by atoms with E-state index in [0.29, 0.717) is 0 Å². The smallest absolute Gasteiger partial charge is 0.264 e. The molecule has 0 heterocycles. The molecule has 9 nitrogen and oxygen atoms in total. The van der Waals surface area contributed by atoms with Crippen LogP contribution in [0.5, 0.6) is 0 Å². The molecule has 0 aromatic heterocycles. The summed E-state index contributed by atoms with van der Waals surface area (Å²) in [6, 6.07) is -1.27. The molecule has 15 heavy (non-hydrogen) atoms. The van der Waals surface area contributed by atoms with Crippen molar-refractivity contribution in [2.45, 2.75) is 38.4 Å². The summed E-state index contributed by atoms with van der Waals surface area (Å²) < 4.78 is 0. The summed E-state index contributed by atoms with van der Waals surface area (Å²) in [7, 11) is 0. The zero-order valence-electron chi connectivity index (χ0n) is 8.28. The van der Waals surface area contributed by atoms with Crippen LogP contribution in [0, 0.1) is 30.3 Å². The highest BCUT2D eigenvalue weighted by atomic mass is 16.7. The molecule has 0 fully saturated rings. The van der Waals surface area contributed by atoms with Crippen molar-refractivity contribution >= 4 is 0 Å². The van der Waals surface area contributed by atoms with Gasteiger partial charge >= 0.3 is 5.66 Å². The third kappa shape index (κ3) is 2.82. The molecule has 1 atom stereocenters. The van der Waals surface area contributed by atoms with Crippen LogP contribution in [-0.2, 0) is 0 Å². The number of hydrogen-bond donors (Lipinski definition) is 0. The molecule has 0 aliphatic rings. The maximum absolute atomic E-state index is 10.5. The lowest BCUT2D eigenvalue weighted by molar-refractivity contribution is -0.798. The predicted octanol–water partition coefficient (Wildman–Crippen LogP) is 0.701. The van der Waals surface area contributed by atoms with Crippen molar-refractivity contribution in [2.75, 3.05) is 0 Å². The first-order valence-corrected chi connectivity index (χ1v) is 4.18. The Labute approximate surface area is 84.5 Å². The van der Waals surface area contributed by atoms with Crippen molar-refractivity contribution in [1.82, 2.24) is 0 Å². The highest BCUT2D eigenvalue weighted by molar-refractivity contribution is 4.67. The molecule has 0 aromatic carbocycles. The van der Waals surface area contributed by atoms with Gasteiger partial charge in [-0.3, -0.25) is 30.3 Å². The van der Waals surface area contributed by atoms with E-state index in [1.54, 1.807) is 0 Å². The SMILES string of the molecule is CCC(CC(C)([N+](=O)[O-])[N+](=O)[O-])[N+](=O)[O-]. The topological polar surface area (TPSA) is 129 Å². The molecule has 0 bridgehead atoms. The highest BCUT2D eigenvalue weighted by Crippen LogP contribution is 2.20. The average molecular weight is 221 g/mol. The lowest BCUT2D eigenvalue weighted by Gasteiger charge is -2.14. The summed E-state index contributed by atoms with van der Waals surface area (Å²) in [5.41, 5.74) is -2.49. The molecule has 0 N–H and O–H groups in total. The minimum absolute atomic E-state index is 0.0181. The Morgan fingerprint density at radius 3 is 1.73 bits per heavy atom. The number of nitrogens with zero attached hydrogens (tertiary/aromatic N) is 3. The molecule has 0 spiro atoms. The normalized spacial score (nSPS) is 13.2. The van der Waals surface area contributed by atoms with Crippen molar-refractivity contribution < 1.29 is 14.8 Å². The number of rotatable bonds is 6. The summed E-state index contributed by atoms with van der Waals surface area (Å²) in [6.45, 7) is 2.23. The first kappa shape index (κ1) is 13.2. The molecule has 0 aromatic rings. The van der Waals surface area contributed by atoms with Gasteiger partial charge in [-0.15, -0.1) is 0 Å². The van der Waals surface area contributed by atoms with Crippen LogP contribution in [0.1, 0.15) is 26.7 Å². The Hall–Kier alpha value is -1.80. The van der Waals surface area contributed by atoms with Gasteiger partial charge in [0, 0.05) is 11.3 Å². The lowest BCUT2D eigenvalue weighted by Crippen LogP contribution is -2.47. The molecule has 0 amide bonds. The lowest BCUT2D eigenvalue weighted by atomic mass is 10.0. The largest absolute Gasteiger partial charge is 0.462 e. The second-order valence-electron chi connectivity index (χ2n) is 3.28. The molecule has 0 aliphatic heterocycles. The Morgan fingerprint density at radius 1 is 1.13 bits per heavy atom. The molecule has 0 radical (unpaired) electrons. The molecule has 0 saturated heterocycles. The van der Waals surface area contributed by atoms with E-state index in [4.69, 9.17) is 0 Å². The Morgan fingerprint density at radius 2 is 1.53 bits per heavy atom. The van der Waals surface area contributed by atoms with Gasteiger partial charge in [-0.25, -0.2) is 0 Å². The molecule has 0 rings (SSSR count). The van der Waals surface area contributed by atoms with Crippen molar-refractivity contribution in [2.24, 2.45) is 0 Å². The molecule has 86 valence electrons. The van der Waals surface area contributed by atoms with Crippen LogP contribution in [0.4, 0.5) is 0 Å². The average Bonchev–Trinajstić information content (AvgIpc) is 2.12. The van der Waals surface area contributed by atoms with E-state index < -0.39 is 32.9 Å². The Kier molecular flexibility index (Phi) is 4.07. The van der Waals surface area contributed by atoms with Gasteiger partial charge in [-0.05, 0) is 0 Å². The fourth-order valence-corrected chi connectivity index (χ4v) is 1.03. The fraction of sp³-hybridized carbons (Fsp3) is 1.00. The van der Waals surface area contributed by atoms with Crippen molar-refractivity contribution in [3.63, 3.8) is 0 Å². The zero-order chi connectivity index (χ0) is 12.2. The maximum atomic E-state index is 10.5. The Bertz CT molecular complexity index is 277. The molecule has 0 saturated carbocycles. The standard InChI is InChI=1S/C6H11N3O6/c1-3-5(7(10)11)4-6(2,8(12)13)9(14)15/h5H,3-4H2,1-2H3. The van der Waals surface area contributed by atoms with Gasteiger partial charge < -0.3 is 0 Å². The molecule has 0 aliphatic carbocycles. The van der Waals surface area contributed by atoms with Crippen molar-refractivity contribution in [3.05, 3.63) is 30.3 Å². The van der Waals surface area contributed by atoms with E-state index in [1.807, 2.05) is 0 Å². The summed E-state index contributed by atoms with van der Waals surface area (Å²) in [4.78, 5) is 28.4. The number of nitro groups is 3. The third-order valence-electron chi connectivity index (χ3n) is 2.18. The van der Waals surface area contributed by atoms with E-state index in [-0.39, 0.29) is 6.42 Å². The summed E-state index contributed by atoms with van der Waals surface area (Å²) in [6.07, 6.45) is -0.694. The first-order valence-electron chi connectivity index (χ1n) is 4.18. The van der Waals surface area contributed by atoms with Crippen LogP contribution < -0.4 is 0 Å². The van der Waals surface area contributed by atoms with Gasteiger partial charge in [0.2, 0.25) is 6.04 Å². The van der Waals surface area contributed by atoms with E-state index >= 15 is 0 Å². The minimum Gasteiger partial charge on any atom is -0.264 e. The fourth-order valence-electron chi connectivity index (χ4n) is 1.03. The zero-order valence-corrected chi connectivity index (χ0v) is 8.28. The summed E-state index contributed by atoms with van der Waals surface area (Å²) in [5.74, 6) is 0. The molecular formula is C6H11N3O6. The van der Waals surface area contributed by atoms with Crippen LogP contribution in [0.3, 0.4) is 0 Å². The van der Waals surface area contributed by atoms with E-state index in [9.17, 15) is 30.3 Å². The quantitative estimate of drug-likeness (QED) is 0.368. The van der Waals surface area contributed by atoms with Crippen LogP contribution in [0.2, 0.25) is 0 Å². The second-order valence-corrected chi connectivity index (χ2v) is 3.28. The maximum Gasteiger partial charge on any atom is 0.462 e. The first-order chi connectivity index (χ1) is 6.75. The molecule has 1 unspecified atom stereocenters. The number of hydrogen-bond acceptors (Lipinski definition) is 6. The summed E-state index contributed by atoms with van der Waals surface area (Å²) in [5, 5.41) is 31.4. The van der Waals surface area contributed by atoms with Gasteiger partial charge in [-0.2, -0.15) is 0 Å². The van der Waals surface area contributed by atoms with Crippen LogP contribution in [-0.4, -0.2) is 26.5 Å². The van der Waals surface area contributed by atoms with Crippen LogP contribution in [0.25, 0.3) is 0 Å². The van der Waals surface area contributed by atoms with Crippen LogP contribution >= 0.6 is 0 Å². The third-order valence-corrected chi connectivity index (χ3v) is 2.18. The van der Waals surface area contributed by atoms with Crippen molar-refractivity contribution in [1.29, 1.82) is 0 Å². The van der Waals surface area contributed by atoms with Gasteiger partial charge in [0.1, 0.15) is 0 Å². The van der Waals surface area contributed by atoms with E-state index in [1.165, 1.54) is 6.92 Å². The van der Waals surface area contributed by atoms with Gasteiger partial charge in [0.25, 0.3) is 0 Å². The van der Waals surface area contributed by atoms with Crippen LogP contribution in [0.15, 0.2) is 0 Å². The van der Waals surface area contributed by atoms with E-state index in [2.05, 4.69) is 0 Å². The monoisotopic (exact) mass is 221 g/mol. The molecular weight excluding hydrogens is 210 g/mol. The van der Waals surface area contributed by atoms with Gasteiger partial charge in [0.15, 0.2) is 6.42 Å². The van der Waals surface area contributed by atoms with E-state index in [0.717, 1.165) is 6.92 Å². The van der Waals surface area contributed by atoms with Gasteiger partial charge in [0.05, 0.1) is 16.8 Å². The Balaban J connectivity index is 4.91. The predicted molar refractivity (Wildman–Crippen MR) is 48.1 cm³/mol.